The molecule has 3 heteroatoms. The van der Waals surface area contributed by atoms with E-state index < -0.39 is 0 Å². The molecule has 1 rings (SSSR count). The predicted molar refractivity (Wildman–Crippen MR) is 58.1 cm³/mol. The molecule has 1 fully saturated rings. The molecule has 0 aromatic heterocycles. The van der Waals surface area contributed by atoms with E-state index in [2.05, 4.69) is 11.8 Å². The zero-order valence-electron chi connectivity index (χ0n) is 9.62. The summed E-state index contributed by atoms with van der Waals surface area (Å²) in [4.78, 5) is 15.9. The van der Waals surface area contributed by atoms with E-state index in [0.29, 0.717) is 5.91 Å². The van der Waals surface area contributed by atoms with Crippen molar-refractivity contribution < 1.29 is 4.79 Å². The van der Waals surface area contributed by atoms with Gasteiger partial charge < -0.3 is 9.80 Å². The van der Waals surface area contributed by atoms with Crippen LogP contribution < -0.4 is 0 Å². The van der Waals surface area contributed by atoms with Gasteiger partial charge in [-0.05, 0) is 32.4 Å². The summed E-state index contributed by atoms with van der Waals surface area (Å²) in [6, 6.07) is 0. The molecule has 3 nitrogen and oxygen atoms in total. The average Bonchev–Trinajstić information content (AvgIpc) is 2.17. The van der Waals surface area contributed by atoms with Gasteiger partial charge in [-0.2, -0.15) is 0 Å². The van der Waals surface area contributed by atoms with Crippen molar-refractivity contribution in [2.75, 3.05) is 33.7 Å². The van der Waals surface area contributed by atoms with E-state index in [0.717, 1.165) is 19.5 Å². The van der Waals surface area contributed by atoms with E-state index in [1.807, 2.05) is 14.1 Å². The molecule has 1 saturated heterocycles. The summed E-state index contributed by atoms with van der Waals surface area (Å²) in [5.41, 5.74) is 0. The van der Waals surface area contributed by atoms with Crippen LogP contribution >= 0.6 is 0 Å². The third-order valence-corrected chi connectivity index (χ3v) is 2.84. The molecule has 82 valence electrons. The van der Waals surface area contributed by atoms with E-state index in [9.17, 15) is 4.79 Å². The van der Waals surface area contributed by atoms with E-state index in [1.54, 1.807) is 4.90 Å². The molecule has 0 aliphatic carbocycles. The highest BCUT2D eigenvalue weighted by Gasteiger charge is 2.25. The molecule has 1 amide bonds. The molecule has 1 heterocycles. The molecule has 1 aliphatic heterocycles. The first-order valence-corrected chi connectivity index (χ1v) is 5.58. The lowest BCUT2D eigenvalue weighted by Crippen LogP contribution is -2.42. The third kappa shape index (κ3) is 2.98. The number of piperidine rings is 1. The minimum atomic E-state index is 0.241. The van der Waals surface area contributed by atoms with Crippen LogP contribution in [0.5, 0.6) is 0 Å². The Balaban J connectivity index is 2.43. The molecule has 0 aromatic rings. The van der Waals surface area contributed by atoms with Gasteiger partial charge in [-0.3, -0.25) is 4.79 Å². The average molecular weight is 198 g/mol. The Hall–Kier alpha value is -0.570. The molecule has 1 atom stereocenters. The van der Waals surface area contributed by atoms with Gasteiger partial charge in [0.15, 0.2) is 0 Å². The number of hydrogen-bond donors (Lipinski definition) is 0. The summed E-state index contributed by atoms with van der Waals surface area (Å²) < 4.78 is 0. The number of likely N-dealkylation sites (tertiary alicyclic amines) is 1. The lowest BCUT2D eigenvalue weighted by atomic mass is 9.96. The molecule has 1 aliphatic rings. The van der Waals surface area contributed by atoms with Crippen molar-refractivity contribution in [2.45, 2.75) is 26.2 Å². The quantitative estimate of drug-likeness (QED) is 0.680. The monoisotopic (exact) mass is 198 g/mol. The van der Waals surface area contributed by atoms with Crippen LogP contribution in [0.15, 0.2) is 0 Å². The van der Waals surface area contributed by atoms with Gasteiger partial charge >= 0.3 is 0 Å². The maximum atomic E-state index is 11.7. The lowest BCUT2D eigenvalue weighted by Gasteiger charge is -2.32. The maximum absolute atomic E-state index is 11.7. The van der Waals surface area contributed by atoms with Crippen molar-refractivity contribution in [3.05, 3.63) is 0 Å². The van der Waals surface area contributed by atoms with Crippen molar-refractivity contribution in [3.63, 3.8) is 0 Å². The second kappa shape index (κ2) is 5.35. The third-order valence-electron chi connectivity index (χ3n) is 2.84. The van der Waals surface area contributed by atoms with Gasteiger partial charge in [-0.15, -0.1) is 0 Å². The highest BCUT2D eigenvalue weighted by Crippen LogP contribution is 2.17. The van der Waals surface area contributed by atoms with Gasteiger partial charge in [0.05, 0.1) is 5.92 Å². The molecular formula is C11H22N2O. The highest BCUT2D eigenvalue weighted by molar-refractivity contribution is 5.78. The largest absolute Gasteiger partial charge is 0.349 e. The molecule has 0 radical (unpaired) electrons. The van der Waals surface area contributed by atoms with Crippen LogP contribution in [0.4, 0.5) is 0 Å². The van der Waals surface area contributed by atoms with E-state index >= 15 is 0 Å². The van der Waals surface area contributed by atoms with E-state index in [1.165, 1.54) is 19.4 Å². The fourth-order valence-electron chi connectivity index (χ4n) is 2.14. The van der Waals surface area contributed by atoms with Crippen LogP contribution in [0.3, 0.4) is 0 Å². The molecule has 0 bridgehead atoms. The summed E-state index contributed by atoms with van der Waals surface area (Å²) >= 11 is 0. The van der Waals surface area contributed by atoms with Gasteiger partial charge in [0.1, 0.15) is 0 Å². The van der Waals surface area contributed by atoms with Crippen molar-refractivity contribution in [3.8, 4) is 0 Å². The van der Waals surface area contributed by atoms with Crippen LogP contribution in [0.25, 0.3) is 0 Å². The zero-order chi connectivity index (χ0) is 10.6. The minimum absolute atomic E-state index is 0.241. The zero-order valence-corrected chi connectivity index (χ0v) is 9.62. The summed E-state index contributed by atoms with van der Waals surface area (Å²) in [7, 11) is 3.70. The van der Waals surface area contributed by atoms with Gasteiger partial charge in [0.2, 0.25) is 5.91 Å². The molecule has 0 saturated carbocycles. The van der Waals surface area contributed by atoms with Crippen LogP contribution in [0.1, 0.15) is 26.2 Å². The van der Waals surface area contributed by atoms with Crippen LogP contribution in [0, 0.1) is 5.92 Å². The Morgan fingerprint density at radius 2 is 2.21 bits per heavy atom. The SMILES string of the molecule is CCCN1CCCC(C(=O)N(C)C)C1. The smallest absolute Gasteiger partial charge is 0.226 e. The van der Waals surface area contributed by atoms with Crippen molar-refractivity contribution in [1.29, 1.82) is 0 Å². The van der Waals surface area contributed by atoms with Crippen molar-refractivity contribution >= 4 is 5.91 Å². The predicted octanol–water partition coefficient (Wildman–Crippen LogP) is 1.20. The highest BCUT2D eigenvalue weighted by atomic mass is 16.2. The Labute approximate surface area is 87.1 Å². The first-order chi connectivity index (χ1) is 6.65. The number of carbonyl (C=O) groups excluding carboxylic acids is 1. The molecule has 0 spiro atoms. The fraction of sp³-hybridized carbons (Fsp3) is 0.909. The lowest BCUT2D eigenvalue weighted by molar-refractivity contribution is -0.134. The molecule has 1 unspecified atom stereocenters. The number of amides is 1. The minimum Gasteiger partial charge on any atom is -0.349 e. The Kier molecular flexibility index (Phi) is 4.39. The fourth-order valence-corrected chi connectivity index (χ4v) is 2.14. The van der Waals surface area contributed by atoms with Crippen LogP contribution in [-0.2, 0) is 4.79 Å². The summed E-state index contributed by atoms with van der Waals surface area (Å²) in [6.07, 6.45) is 3.42. The first-order valence-electron chi connectivity index (χ1n) is 5.58. The van der Waals surface area contributed by atoms with Gasteiger partial charge in [-0.1, -0.05) is 6.92 Å². The second-order valence-corrected chi connectivity index (χ2v) is 4.37. The number of nitrogens with zero attached hydrogens (tertiary/aromatic N) is 2. The van der Waals surface area contributed by atoms with Crippen LogP contribution in [0.2, 0.25) is 0 Å². The van der Waals surface area contributed by atoms with Gasteiger partial charge in [-0.25, -0.2) is 0 Å². The van der Waals surface area contributed by atoms with Gasteiger partial charge in [0, 0.05) is 20.6 Å². The number of carbonyl (C=O) groups is 1. The normalized spacial score (nSPS) is 23.5. The first kappa shape index (κ1) is 11.5. The number of rotatable bonds is 3. The summed E-state index contributed by atoms with van der Waals surface area (Å²) in [5, 5.41) is 0. The summed E-state index contributed by atoms with van der Waals surface area (Å²) in [6.45, 7) is 5.46. The standard InChI is InChI=1S/C11H22N2O/c1-4-7-13-8-5-6-10(9-13)11(14)12(2)3/h10H,4-9H2,1-3H3. The maximum Gasteiger partial charge on any atom is 0.226 e. The Morgan fingerprint density at radius 1 is 1.50 bits per heavy atom. The Bertz CT molecular complexity index is 190. The van der Waals surface area contributed by atoms with Crippen molar-refractivity contribution in [2.24, 2.45) is 5.92 Å². The molecule has 0 N–H and O–H groups in total. The summed E-state index contributed by atoms with van der Waals surface area (Å²) in [5.74, 6) is 0.538. The van der Waals surface area contributed by atoms with Crippen LogP contribution in [-0.4, -0.2) is 49.4 Å². The molecule has 14 heavy (non-hydrogen) atoms. The van der Waals surface area contributed by atoms with E-state index in [4.69, 9.17) is 0 Å². The van der Waals surface area contributed by atoms with Crippen molar-refractivity contribution in [1.82, 2.24) is 9.80 Å². The Morgan fingerprint density at radius 3 is 2.79 bits per heavy atom. The topological polar surface area (TPSA) is 23.6 Å². The number of hydrogen-bond acceptors (Lipinski definition) is 2. The second-order valence-electron chi connectivity index (χ2n) is 4.37. The molecular weight excluding hydrogens is 176 g/mol. The van der Waals surface area contributed by atoms with E-state index in [-0.39, 0.29) is 5.92 Å². The molecule has 0 aromatic carbocycles. The van der Waals surface area contributed by atoms with Gasteiger partial charge in [0.25, 0.3) is 0 Å².